The monoisotopic (exact) mass is 178 g/mol. The van der Waals surface area contributed by atoms with Crippen LogP contribution < -0.4 is 0 Å². The van der Waals surface area contributed by atoms with Crippen LogP contribution in [0.1, 0.15) is 5.76 Å². The summed E-state index contributed by atoms with van der Waals surface area (Å²) >= 11 is 0. The van der Waals surface area contributed by atoms with Gasteiger partial charge in [0.2, 0.25) is 0 Å². The molecule has 1 aromatic heterocycles. The van der Waals surface area contributed by atoms with Crippen molar-refractivity contribution in [2.45, 2.75) is 0 Å². The van der Waals surface area contributed by atoms with Gasteiger partial charge in [-0.25, -0.2) is 4.79 Å². The minimum absolute atomic E-state index is 0.371. The van der Waals surface area contributed by atoms with E-state index in [1.807, 2.05) is 6.07 Å². The van der Waals surface area contributed by atoms with E-state index in [-0.39, 0.29) is 5.97 Å². The molecular weight excluding hydrogens is 168 g/mol. The highest BCUT2D eigenvalue weighted by Gasteiger charge is 1.87. The number of allylic oxidation sites excluding steroid dienone is 2. The van der Waals surface area contributed by atoms with Gasteiger partial charge in [0.1, 0.15) is 5.76 Å². The van der Waals surface area contributed by atoms with E-state index in [4.69, 9.17) is 4.42 Å². The Morgan fingerprint density at radius 3 is 3.00 bits per heavy atom. The lowest BCUT2D eigenvalue weighted by molar-refractivity contribution is -0.134. The van der Waals surface area contributed by atoms with Crippen LogP contribution in [0.25, 0.3) is 6.08 Å². The predicted octanol–water partition coefficient (Wildman–Crippen LogP) is 2.02. The van der Waals surface area contributed by atoms with E-state index in [1.165, 1.54) is 13.2 Å². The Labute approximate surface area is 76.3 Å². The second-order valence-electron chi connectivity index (χ2n) is 2.26. The lowest BCUT2D eigenvalue weighted by Gasteiger charge is -1.86. The van der Waals surface area contributed by atoms with Crippen molar-refractivity contribution < 1.29 is 13.9 Å². The van der Waals surface area contributed by atoms with Crippen molar-refractivity contribution in [2.75, 3.05) is 7.11 Å². The maximum absolute atomic E-state index is 10.6. The van der Waals surface area contributed by atoms with Crippen LogP contribution in [0.15, 0.2) is 41.0 Å². The van der Waals surface area contributed by atoms with E-state index < -0.39 is 0 Å². The van der Waals surface area contributed by atoms with Gasteiger partial charge in [-0.2, -0.15) is 0 Å². The first-order valence-electron chi connectivity index (χ1n) is 3.79. The molecule has 0 bridgehead atoms. The molecule has 1 aromatic rings. The molecule has 68 valence electrons. The van der Waals surface area contributed by atoms with Gasteiger partial charge in [0, 0.05) is 6.08 Å². The second-order valence-corrected chi connectivity index (χ2v) is 2.26. The van der Waals surface area contributed by atoms with Gasteiger partial charge in [-0.1, -0.05) is 12.2 Å². The minimum atomic E-state index is -0.371. The number of carbonyl (C=O) groups excluding carboxylic acids is 1. The average molecular weight is 178 g/mol. The summed E-state index contributed by atoms with van der Waals surface area (Å²) in [4.78, 5) is 10.6. The number of carbonyl (C=O) groups is 1. The molecule has 1 heterocycles. The van der Waals surface area contributed by atoms with E-state index in [1.54, 1.807) is 30.6 Å². The summed E-state index contributed by atoms with van der Waals surface area (Å²) < 4.78 is 9.43. The Kier molecular flexibility index (Phi) is 3.57. The summed E-state index contributed by atoms with van der Waals surface area (Å²) in [6.45, 7) is 0. The number of ether oxygens (including phenoxy) is 1. The van der Waals surface area contributed by atoms with Gasteiger partial charge in [0.25, 0.3) is 0 Å². The second kappa shape index (κ2) is 4.98. The molecule has 0 saturated heterocycles. The molecule has 0 aliphatic heterocycles. The zero-order chi connectivity index (χ0) is 9.52. The largest absolute Gasteiger partial charge is 0.466 e. The number of rotatable bonds is 3. The zero-order valence-corrected chi connectivity index (χ0v) is 7.27. The van der Waals surface area contributed by atoms with Crippen LogP contribution in [-0.4, -0.2) is 13.1 Å². The molecular formula is C10H10O3. The van der Waals surface area contributed by atoms with Crippen molar-refractivity contribution in [3.8, 4) is 0 Å². The van der Waals surface area contributed by atoms with Gasteiger partial charge in [-0.15, -0.1) is 0 Å². The summed E-state index contributed by atoms with van der Waals surface area (Å²) in [6, 6.07) is 3.62. The van der Waals surface area contributed by atoms with Crippen LogP contribution in [-0.2, 0) is 9.53 Å². The predicted molar refractivity (Wildman–Crippen MR) is 48.9 cm³/mol. The maximum Gasteiger partial charge on any atom is 0.330 e. The van der Waals surface area contributed by atoms with Crippen LogP contribution in [0.2, 0.25) is 0 Å². The molecule has 3 nitrogen and oxygen atoms in total. The van der Waals surface area contributed by atoms with E-state index in [0.717, 1.165) is 5.76 Å². The molecule has 13 heavy (non-hydrogen) atoms. The van der Waals surface area contributed by atoms with Crippen LogP contribution >= 0.6 is 0 Å². The molecule has 0 aliphatic rings. The highest BCUT2D eigenvalue weighted by molar-refractivity contribution is 5.82. The van der Waals surface area contributed by atoms with Crippen molar-refractivity contribution in [2.24, 2.45) is 0 Å². The summed E-state index contributed by atoms with van der Waals surface area (Å²) in [5, 5.41) is 0. The van der Waals surface area contributed by atoms with E-state index in [0.29, 0.717) is 0 Å². The Hall–Kier alpha value is -1.77. The number of furan rings is 1. The fraction of sp³-hybridized carbons (Fsp3) is 0.100. The van der Waals surface area contributed by atoms with Crippen molar-refractivity contribution in [3.63, 3.8) is 0 Å². The van der Waals surface area contributed by atoms with Gasteiger partial charge < -0.3 is 9.15 Å². The number of hydrogen-bond acceptors (Lipinski definition) is 3. The lowest BCUT2D eigenvalue weighted by atomic mass is 10.4. The summed E-state index contributed by atoms with van der Waals surface area (Å²) in [5.74, 6) is 0.374. The summed E-state index contributed by atoms with van der Waals surface area (Å²) in [5.41, 5.74) is 0. The van der Waals surface area contributed by atoms with Crippen LogP contribution in [0.3, 0.4) is 0 Å². The molecule has 0 N–H and O–H groups in total. The molecule has 0 aromatic carbocycles. The molecule has 0 fully saturated rings. The minimum Gasteiger partial charge on any atom is -0.466 e. The van der Waals surface area contributed by atoms with E-state index in [9.17, 15) is 4.79 Å². The SMILES string of the molecule is COC(=O)/C=C\C=C\c1ccco1. The summed E-state index contributed by atoms with van der Waals surface area (Å²) in [6.07, 6.45) is 7.96. The smallest absolute Gasteiger partial charge is 0.330 e. The van der Waals surface area contributed by atoms with Gasteiger partial charge in [0.15, 0.2) is 0 Å². The molecule has 3 heteroatoms. The maximum atomic E-state index is 10.6. The highest BCUT2D eigenvalue weighted by Crippen LogP contribution is 2.01. The topological polar surface area (TPSA) is 39.4 Å². The molecule has 0 unspecified atom stereocenters. The van der Waals surface area contributed by atoms with E-state index in [2.05, 4.69) is 4.74 Å². The Morgan fingerprint density at radius 1 is 1.54 bits per heavy atom. The van der Waals surface area contributed by atoms with E-state index >= 15 is 0 Å². The van der Waals surface area contributed by atoms with Crippen molar-refractivity contribution >= 4 is 12.0 Å². The van der Waals surface area contributed by atoms with Gasteiger partial charge >= 0.3 is 5.97 Å². The Balaban J connectivity index is 2.42. The zero-order valence-electron chi connectivity index (χ0n) is 7.27. The lowest BCUT2D eigenvalue weighted by Crippen LogP contribution is -1.92. The van der Waals surface area contributed by atoms with Crippen LogP contribution in [0.5, 0.6) is 0 Å². The number of esters is 1. The number of hydrogen-bond donors (Lipinski definition) is 0. The first-order chi connectivity index (χ1) is 6.33. The van der Waals surface area contributed by atoms with Gasteiger partial charge in [-0.05, 0) is 18.2 Å². The molecule has 1 rings (SSSR count). The van der Waals surface area contributed by atoms with Gasteiger partial charge in [0.05, 0.1) is 13.4 Å². The quantitative estimate of drug-likeness (QED) is 0.404. The molecule has 0 aliphatic carbocycles. The molecule has 0 amide bonds. The van der Waals surface area contributed by atoms with Crippen molar-refractivity contribution in [1.29, 1.82) is 0 Å². The Morgan fingerprint density at radius 2 is 2.38 bits per heavy atom. The third-order valence-corrected chi connectivity index (χ3v) is 1.35. The number of methoxy groups -OCH3 is 1. The molecule has 0 saturated carbocycles. The molecule has 0 radical (unpaired) electrons. The first kappa shape index (κ1) is 9.32. The molecule has 0 spiro atoms. The highest BCUT2D eigenvalue weighted by atomic mass is 16.5. The van der Waals surface area contributed by atoms with Crippen molar-refractivity contribution in [3.05, 3.63) is 42.4 Å². The fourth-order valence-electron chi connectivity index (χ4n) is 0.739. The third kappa shape index (κ3) is 3.42. The normalized spacial score (nSPS) is 11.2. The van der Waals surface area contributed by atoms with Crippen LogP contribution in [0.4, 0.5) is 0 Å². The van der Waals surface area contributed by atoms with Gasteiger partial charge in [-0.3, -0.25) is 0 Å². The third-order valence-electron chi connectivity index (χ3n) is 1.35. The summed E-state index contributed by atoms with van der Waals surface area (Å²) in [7, 11) is 1.34. The fourth-order valence-corrected chi connectivity index (χ4v) is 0.739. The molecule has 0 atom stereocenters. The first-order valence-corrected chi connectivity index (χ1v) is 3.79. The standard InChI is InChI=1S/C10H10O3/c1-12-10(11)7-3-2-5-9-6-4-8-13-9/h2-8H,1H3/b5-2+,7-3-. The Bertz CT molecular complexity index is 307. The van der Waals surface area contributed by atoms with Crippen LogP contribution in [0, 0.1) is 0 Å². The average Bonchev–Trinajstić information content (AvgIpc) is 2.64. The van der Waals surface area contributed by atoms with Crippen molar-refractivity contribution in [1.82, 2.24) is 0 Å².